The fraction of sp³-hybridized carbons (Fsp3) is 0.364. The van der Waals surface area contributed by atoms with Crippen LogP contribution in [-0.4, -0.2) is 25.4 Å². The fourth-order valence-electron chi connectivity index (χ4n) is 1.54. The molecule has 0 aliphatic rings. The van der Waals surface area contributed by atoms with Gasteiger partial charge in [-0.3, -0.25) is 0 Å². The van der Waals surface area contributed by atoms with E-state index in [0.717, 1.165) is 16.8 Å². The van der Waals surface area contributed by atoms with Crippen LogP contribution >= 0.6 is 0 Å². The molecule has 0 saturated heterocycles. The zero-order valence-corrected chi connectivity index (χ0v) is 9.10. The van der Waals surface area contributed by atoms with Gasteiger partial charge in [-0.25, -0.2) is 0 Å². The van der Waals surface area contributed by atoms with Crippen molar-refractivity contribution in [3.05, 3.63) is 23.9 Å². The maximum absolute atomic E-state index is 5.34. The van der Waals surface area contributed by atoms with Crippen LogP contribution in [0.3, 0.4) is 0 Å². The van der Waals surface area contributed by atoms with Crippen molar-refractivity contribution < 1.29 is 14.0 Å². The normalized spacial score (nSPS) is 10.9. The van der Waals surface area contributed by atoms with Crippen LogP contribution in [0.2, 0.25) is 0 Å². The zero-order valence-electron chi connectivity index (χ0n) is 9.10. The van der Waals surface area contributed by atoms with Gasteiger partial charge < -0.3 is 19.7 Å². The lowest BCUT2D eigenvalue weighted by Gasteiger charge is -2.02. The number of methoxy groups -OCH3 is 1. The summed E-state index contributed by atoms with van der Waals surface area (Å²) in [7, 11) is 1.62. The minimum atomic E-state index is 0.380. The first-order chi connectivity index (χ1) is 7.86. The van der Waals surface area contributed by atoms with E-state index in [1.54, 1.807) is 7.11 Å². The fourth-order valence-corrected chi connectivity index (χ4v) is 1.54. The second-order valence-electron chi connectivity index (χ2n) is 3.30. The summed E-state index contributed by atoms with van der Waals surface area (Å²) < 4.78 is 15.8. The Kier molecular flexibility index (Phi) is 3.38. The average molecular weight is 222 g/mol. The van der Waals surface area contributed by atoms with Gasteiger partial charge >= 0.3 is 0 Å². The number of aromatic nitrogens is 1. The van der Waals surface area contributed by atoms with E-state index in [1.165, 1.54) is 0 Å². The van der Waals surface area contributed by atoms with Gasteiger partial charge in [-0.15, -0.1) is 0 Å². The molecule has 0 atom stereocenters. The molecule has 2 rings (SSSR count). The Morgan fingerprint density at radius 2 is 2.31 bits per heavy atom. The molecule has 0 spiro atoms. The van der Waals surface area contributed by atoms with E-state index in [2.05, 4.69) is 5.16 Å². The third kappa shape index (κ3) is 2.00. The molecule has 0 bridgehead atoms. The predicted octanol–water partition coefficient (Wildman–Crippen LogP) is 1.31. The molecule has 16 heavy (non-hydrogen) atoms. The lowest BCUT2D eigenvalue weighted by molar-refractivity contribution is 0.123. The quantitative estimate of drug-likeness (QED) is 0.772. The van der Waals surface area contributed by atoms with Crippen LogP contribution in [0, 0.1) is 0 Å². The van der Waals surface area contributed by atoms with Gasteiger partial charge in [0, 0.05) is 6.54 Å². The Labute approximate surface area is 93.1 Å². The smallest absolute Gasteiger partial charge is 0.170 e. The maximum Gasteiger partial charge on any atom is 0.170 e. The van der Waals surface area contributed by atoms with Gasteiger partial charge in [0.1, 0.15) is 11.4 Å². The lowest BCUT2D eigenvalue weighted by Crippen LogP contribution is -2.08. The SMILES string of the molecule is COc1cccc2onc(COCCN)c12. The molecule has 0 aliphatic carbocycles. The minimum absolute atomic E-state index is 0.380. The van der Waals surface area contributed by atoms with E-state index in [4.69, 9.17) is 19.7 Å². The molecule has 1 aromatic carbocycles. The number of ether oxygens (including phenoxy) is 2. The molecule has 5 nitrogen and oxygen atoms in total. The van der Waals surface area contributed by atoms with Crippen LogP contribution in [0.15, 0.2) is 22.7 Å². The van der Waals surface area contributed by atoms with Crippen LogP contribution < -0.4 is 10.5 Å². The molecule has 1 aromatic heterocycles. The molecule has 0 fully saturated rings. The zero-order chi connectivity index (χ0) is 11.4. The van der Waals surface area contributed by atoms with E-state index in [1.807, 2.05) is 18.2 Å². The summed E-state index contributed by atoms with van der Waals surface area (Å²) in [4.78, 5) is 0. The van der Waals surface area contributed by atoms with E-state index in [0.29, 0.717) is 25.3 Å². The van der Waals surface area contributed by atoms with Gasteiger partial charge in [0.25, 0.3) is 0 Å². The molecule has 0 saturated carbocycles. The molecule has 0 amide bonds. The number of nitrogens with two attached hydrogens (primary N) is 1. The number of benzene rings is 1. The summed E-state index contributed by atoms with van der Waals surface area (Å²) in [6.45, 7) is 1.38. The first-order valence-corrected chi connectivity index (χ1v) is 5.06. The van der Waals surface area contributed by atoms with Crippen molar-refractivity contribution in [2.45, 2.75) is 6.61 Å². The van der Waals surface area contributed by atoms with Crippen molar-refractivity contribution in [1.29, 1.82) is 0 Å². The maximum atomic E-state index is 5.34. The molecule has 2 N–H and O–H groups in total. The van der Waals surface area contributed by atoms with E-state index in [-0.39, 0.29) is 0 Å². The second kappa shape index (κ2) is 4.96. The van der Waals surface area contributed by atoms with Gasteiger partial charge in [-0.1, -0.05) is 11.2 Å². The number of hydrogen-bond donors (Lipinski definition) is 1. The second-order valence-corrected chi connectivity index (χ2v) is 3.30. The topological polar surface area (TPSA) is 70.5 Å². The molecule has 1 heterocycles. The molecule has 0 unspecified atom stereocenters. The average Bonchev–Trinajstić information content (AvgIpc) is 2.73. The van der Waals surface area contributed by atoms with Gasteiger partial charge in [-0.2, -0.15) is 0 Å². The first kappa shape index (κ1) is 10.9. The minimum Gasteiger partial charge on any atom is -0.496 e. The van der Waals surface area contributed by atoms with Gasteiger partial charge in [-0.05, 0) is 12.1 Å². The summed E-state index contributed by atoms with van der Waals surface area (Å²) in [5.74, 6) is 0.741. The third-order valence-electron chi connectivity index (χ3n) is 2.25. The van der Waals surface area contributed by atoms with Crippen molar-refractivity contribution in [2.24, 2.45) is 5.73 Å². The van der Waals surface area contributed by atoms with Crippen molar-refractivity contribution >= 4 is 11.0 Å². The molecule has 86 valence electrons. The van der Waals surface area contributed by atoms with Crippen LogP contribution in [0.5, 0.6) is 5.75 Å². The summed E-state index contributed by atoms with van der Waals surface area (Å²) in [5.41, 5.74) is 6.78. The van der Waals surface area contributed by atoms with E-state index >= 15 is 0 Å². The van der Waals surface area contributed by atoms with Crippen molar-refractivity contribution in [1.82, 2.24) is 5.16 Å². The van der Waals surface area contributed by atoms with Crippen LogP contribution in [0.25, 0.3) is 11.0 Å². The Morgan fingerprint density at radius 3 is 3.06 bits per heavy atom. The predicted molar refractivity (Wildman–Crippen MR) is 59.3 cm³/mol. The lowest BCUT2D eigenvalue weighted by atomic mass is 10.2. The number of hydrogen-bond acceptors (Lipinski definition) is 5. The summed E-state index contributed by atoms with van der Waals surface area (Å²) in [6, 6.07) is 5.57. The Hall–Kier alpha value is -1.59. The first-order valence-electron chi connectivity index (χ1n) is 5.06. The number of nitrogens with zero attached hydrogens (tertiary/aromatic N) is 1. The van der Waals surface area contributed by atoms with Gasteiger partial charge in [0.15, 0.2) is 5.58 Å². The highest BCUT2D eigenvalue weighted by Crippen LogP contribution is 2.28. The van der Waals surface area contributed by atoms with Gasteiger partial charge in [0.05, 0.1) is 25.7 Å². The molecule has 0 aliphatic heterocycles. The Bertz CT molecular complexity index is 467. The van der Waals surface area contributed by atoms with Crippen LogP contribution in [-0.2, 0) is 11.3 Å². The molecule has 5 heteroatoms. The van der Waals surface area contributed by atoms with Crippen molar-refractivity contribution in [3.63, 3.8) is 0 Å². The standard InChI is InChI=1S/C11H14N2O3/c1-14-9-3-2-4-10-11(9)8(13-16-10)7-15-6-5-12/h2-4H,5-7,12H2,1H3. The van der Waals surface area contributed by atoms with Crippen LogP contribution in [0.4, 0.5) is 0 Å². The molecule has 0 radical (unpaired) electrons. The van der Waals surface area contributed by atoms with Crippen molar-refractivity contribution in [3.8, 4) is 5.75 Å². The van der Waals surface area contributed by atoms with Crippen molar-refractivity contribution in [2.75, 3.05) is 20.3 Å². The van der Waals surface area contributed by atoms with E-state index < -0.39 is 0 Å². The monoisotopic (exact) mass is 222 g/mol. The largest absolute Gasteiger partial charge is 0.496 e. The molecule has 2 aromatic rings. The Morgan fingerprint density at radius 1 is 1.44 bits per heavy atom. The number of fused-ring (bicyclic) bond motifs is 1. The Balaban J connectivity index is 2.30. The summed E-state index contributed by atoms with van der Waals surface area (Å²) in [6.07, 6.45) is 0. The number of rotatable bonds is 5. The third-order valence-corrected chi connectivity index (χ3v) is 2.25. The molecular formula is C11H14N2O3. The van der Waals surface area contributed by atoms with E-state index in [9.17, 15) is 0 Å². The highest BCUT2D eigenvalue weighted by molar-refractivity contribution is 5.86. The molecular weight excluding hydrogens is 208 g/mol. The summed E-state index contributed by atoms with van der Waals surface area (Å²) in [5, 5.41) is 4.82. The van der Waals surface area contributed by atoms with Gasteiger partial charge in [0.2, 0.25) is 0 Å². The summed E-state index contributed by atoms with van der Waals surface area (Å²) >= 11 is 0. The highest BCUT2D eigenvalue weighted by Gasteiger charge is 2.12. The highest BCUT2D eigenvalue weighted by atomic mass is 16.5. The van der Waals surface area contributed by atoms with Crippen LogP contribution in [0.1, 0.15) is 5.69 Å².